The van der Waals surface area contributed by atoms with Crippen LogP contribution < -0.4 is 5.73 Å². The van der Waals surface area contributed by atoms with Crippen molar-refractivity contribution in [1.82, 2.24) is 0 Å². The molecule has 3 heteroatoms. The zero-order valence-electron chi connectivity index (χ0n) is 7.84. The summed E-state index contributed by atoms with van der Waals surface area (Å²) in [4.78, 5) is 0. The Kier molecular flexibility index (Phi) is 2.75. The van der Waals surface area contributed by atoms with Gasteiger partial charge in [-0.2, -0.15) is 0 Å². The van der Waals surface area contributed by atoms with Crippen LogP contribution in [0.4, 0.5) is 4.39 Å². The maximum Gasteiger partial charge on any atom is 0.142 e. The molecular weight excluding hydrogens is 201 g/mol. The van der Waals surface area contributed by atoms with Gasteiger partial charge in [0.15, 0.2) is 0 Å². The van der Waals surface area contributed by atoms with Crippen molar-refractivity contribution >= 4 is 11.6 Å². The zero-order valence-corrected chi connectivity index (χ0v) is 8.60. The highest BCUT2D eigenvalue weighted by Crippen LogP contribution is 2.37. The first-order valence-corrected chi connectivity index (χ1v) is 5.25. The van der Waals surface area contributed by atoms with Gasteiger partial charge < -0.3 is 5.73 Å². The van der Waals surface area contributed by atoms with E-state index in [2.05, 4.69) is 0 Å². The molecule has 1 aliphatic rings. The first-order valence-electron chi connectivity index (χ1n) is 4.87. The Morgan fingerprint density at radius 1 is 1.50 bits per heavy atom. The fourth-order valence-electron chi connectivity index (χ4n) is 1.59. The maximum absolute atomic E-state index is 13.1. The molecule has 1 aromatic rings. The molecule has 0 heterocycles. The summed E-state index contributed by atoms with van der Waals surface area (Å²) in [6.45, 7) is 0. The fraction of sp³-hybridized carbons (Fsp3) is 0.455. The lowest BCUT2D eigenvalue weighted by Gasteiger charge is -2.11. The topological polar surface area (TPSA) is 26.0 Å². The van der Waals surface area contributed by atoms with Crippen LogP contribution in [0.2, 0.25) is 5.02 Å². The van der Waals surface area contributed by atoms with Gasteiger partial charge in [-0.1, -0.05) is 30.5 Å². The molecular formula is C11H13ClFN. The molecule has 1 fully saturated rings. The van der Waals surface area contributed by atoms with Crippen molar-refractivity contribution in [2.75, 3.05) is 0 Å². The Morgan fingerprint density at radius 2 is 2.21 bits per heavy atom. The predicted octanol–water partition coefficient (Wildman–Crippen LogP) is 3.28. The highest BCUT2D eigenvalue weighted by atomic mass is 35.5. The molecule has 0 saturated heterocycles. The Labute approximate surface area is 88.1 Å². The van der Waals surface area contributed by atoms with Gasteiger partial charge in [0.05, 0.1) is 5.02 Å². The predicted molar refractivity (Wildman–Crippen MR) is 55.7 cm³/mol. The SMILES string of the molecule is N[C@H](CC1CC1)c1ccc(Cl)c(F)c1. The fourth-order valence-corrected chi connectivity index (χ4v) is 1.71. The second kappa shape index (κ2) is 3.87. The summed E-state index contributed by atoms with van der Waals surface area (Å²) in [5.74, 6) is 0.374. The van der Waals surface area contributed by atoms with Crippen LogP contribution in [0.5, 0.6) is 0 Å². The minimum Gasteiger partial charge on any atom is -0.324 e. The summed E-state index contributed by atoms with van der Waals surface area (Å²) in [5.41, 5.74) is 6.79. The third-order valence-electron chi connectivity index (χ3n) is 2.66. The van der Waals surface area contributed by atoms with Crippen molar-refractivity contribution in [3.8, 4) is 0 Å². The van der Waals surface area contributed by atoms with E-state index in [1.54, 1.807) is 12.1 Å². The third kappa shape index (κ3) is 2.25. The first kappa shape index (κ1) is 9.94. The molecule has 1 saturated carbocycles. The first-order chi connectivity index (χ1) is 6.66. The largest absolute Gasteiger partial charge is 0.324 e. The third-order valence-corrected chi connectivity index (χ3v) is 2.96. The molecule has 0 spiro atoms. The van der Waals surface area contributed by atoms with Gasteiger partial charge in [-0.15, -0.1) is 0 Å². The molecule has 0 amide bonds. The molecule has 2 N–H and O–H groups in total. The van der Waals surface area contributed by atoms with E-state index >= 15 is 0 Å². The standard InChI is InChI=1S/C11H13ClFN/c12-9-4-3-8(6-10(9)13)11(14)5-7-1-2-7/h3-4,6-7,11H,1-2,5,14H2/t11-/m1/s1. The van der Waals surface area contributed by atoms with Gasteiger partial charge in [0.1, 0.15) is 5.82 Å². The molecule has 0 aromatic heterocycles. The van der Waals surface area contributed by atoms with Gasteiger partial charge >= 0.3 is 0 Å². The highest BCUT2D eigenvalue weighted by Gasteiger charge is 2.24. The Morgan fingerprint density at radius 3 is 2.79 bits per heavy atom. The molecule has 1 nitrogen and oxygen atoms in total. The molecule has 1 atom stereocenters. The van der Waals surface area contributed by atoms with E-state index in [-0.39, 0.29) is 16.9 Å². The van der Waals surface area contributed by atoms with Gasteiger partial charge in [0.2, 0.25) is 0 Å². The van der Waals surface area contributed by atoms with Crippen LogP contribution >= 0.6 is 11.6 Å². The van der Waals surface area contributed by atoms with Crippen LogP contribution in [0, 0.1) is 11.7 Å². The van der Waals surface area contributed by atoms with E-state index in [9.17, 15) is 4.39 Å². The van der Waals surface area contributed by atoms with E-state index in [0.717, 1.165) is 17.9 Å². The number of hydrogen-bond acceptors (Lipinski definition) is 1. The van der Waals surface area contributed by atoms with Crippen LogP contribution in [0.3, 0.4) is 0 Å². The van der Waals surface area contributed by atoms with Gasteiger partial charge in [-0.05, 0) is 30.0 Å². The van der Waals surface area contributed by atoms with Crippen molar-refractivity contribution in [2.24, 2.45) is 11.7 Å². The van der Waals surface area contributed by atoms with Crippen molar-refractivity contribution in [3.05, 3.63) is 34.6 Å². The molecule has 0 bridgehead atoms. The Hall–Kier alpha value is -0.600. The van der Waals surface area contributed by atoms with Crippen LogP contribution in [0.15, 0.2) is 18.2 Å². The molecule has 14 heavy (non-hydrogen) atoms. The average molecular weight is 214 g/mol. The quantitative estimate of drug-likeness (QED) is 0.820. The highest BCUT2D eigenvalue weighted by molar-refractivity contribution is 6.30. The van der Waals surface area contributed by atoms with E-state index in [0.29, 0.717) is 0 Å². The monoisotopic (exact) mass is 213 g/mol. The van der Waals surface area contributed by atoms with E-state index in [1.807, 2.05) is 0 Å². The number of hydrogen-bond donors (Lipinski definition) is 1. The molecule has 0 unspecified atom stereocenters. The number of benzene rings is 1. The van der Waals surface area contributed by atoms with Crippen molar-refractivity contribution in [3.63, 3.8) is 0 Å². The van der Waals surface area contributed by atoms with Gasteiger partial charge in [-0.25, -0.2) is 4.39 Å². The van der Waals surface area contributed by atoms with Crippen LogP contribution in [-0.2, 0) is 0 Å². The number of rotatable bonds is 3. The van der Waals surface area contributed by atoms with Gasteiger partial charge in [0, 0.05) is 6.04 Å². The van der Waals surface area contributed by atoms with Gasteiger partial charge in [-0.3, -0.25) is 0 Å². The molecule has 76 valence electrons. The van der Waals surface area contributed by atoms with Crippen LogP contribution in [-0.4, -0.2) is 0 Å². The lowest BCUT2D eigenvalue weighted by molar-refractivity contribution is 0.583. The summed E-state index contributed by atoms with van der Waals surface area (Å²) in [7, 11) is 0. The minimum absolute atomic E-state index is 0.0470. The summed E-state index contributed by atoms with van der Waals surface area (Å²) in [6.07, 6.45) is 3.49. The van der Waals surface area contributed by atoms with E-state index in [1.165, 1.54) is 18.9 Å². The Bertz CT molecular complexity index is 336. The molecule has 1 aliphatic carbocycles. The normalized spacial score (nSPS) is 18.2. The zero-order chi connectivity index (χ0) is 10.1. The van der Waals surface area contributed by atoms with E-state index < -0.39 is 0 Å². The smallest absolute Gasteiger partial charge is 0.142 e. The van der Waals surface area contributed by atoms with Crippen molar-refractivity contribution in [2.45, 2.75) is 25.3 Å². The summed E-state index contributed by atoms with van der Waals surface area (Å²) in [5, 5.41) is 0.160. The average Bonchev–Trinajstić information content (AvgIpc) is 2.93. The number of nitrogens with two attached hydrogens (primary N) is 1. The summed E-state index contributed by atoms with van der Waals surface area (Å²) in [6, 6.07) is 4.77. The number of halogens is 2. The molecule has 0 aliphatic heterocycles. The second-order valence-corrected chi connectivity index (χ2v) is 4.37. The van der Waals surface area contributed by atoms with Crippen LogP contribution in [0.25, 0.3) is 0 Å². The molecule has 1 aromatic carbocycles. The van der Waals surface area contributed by atoms with E-state index in [4.69, 9.17) is 17.3 Å². The maximum atomic E-state index is 13.1. The lowest BCUT2D eigenvalue weighted by Crippen LogP contribution is -2.11. The van der Waals surface area contributed by atoms with Crippen molar-refractivity contribution < 1.29 is 4.39 Å². The lowest BCUT2D eigenvalue weighted by atomic mass is 10.0. The Balaban J connectivity index is 2.10. The summed E-state index contributed by atoms with van der Waals surface area (Å²) >= 11 is 5.59. The second-order valence-electron chi connectivity index (χ2n) is 3.96. The van der Waals surface area contributed by atoms with Crippen LogP contribution in [0.1, 0.15) is 30.9 Å². The summed E-state index contributed by atoms with van der Waals surface area (Å²) < 4.78 is 13.1. The molecule has 2 rings (SSSR count). The van der Waals surface area contributed by atoms with Crippen molar-refractivity contribution in [1.29, 1.82) is 0 Å². The van der Waals surface area contributed by atoms with Gasteiger partial charge in [0.25, 0.3) is 0 Å². The minimum atomic E-state index is -0.379. The molecule has 0 radical (unpaired) electrons.